The van der Waals surface area contributed by atoms with Crippen LogP contribution >= 0.6 is 0 Å². The van der Waals surface area contributed by atoms with Gasteiger partial charge < -0.3 is 20.5 Å². The van der Waals surface area contributed by atoms with Crippen molar-refractivity contribution in [3.63, 3.8) is 0 Å². The van der Waals surface area contributed by atoms with Crippen molar-refractivity contribution in [1.82, 2.24) is 0 Å². The molecular formula is C21H22F2N2O4. The fraction of sp³-hybridized carbons (Fsp3) is 0.238. The number of methoxy groups -OCH3 is 1. The third kappa shape index (κ3) is 6.03. The summed E-state index contributed by atoms with van der Waals surface area (Å²) in [5, 5.41) is 2.24. The van der Waals surface area contributed by atoms with Crippen LogP contribution in [0.5, 0.6) is 11.5 Å². The summed E-state index contributed by atoms with van der Waals surface area (Å²) in [5.74, 6) is -2.44. The Hall–Kier alpha value is -3.42. The summed E-state index contributed by atoms with van der Waals surface area (Å²) < 4.78 is 38.3. The lowest BCUT2D eigenvalue weighted by atomic mass is 10.1. The molecule has 2 aromatic rings. The molecule has 0 atom stereocenters. The van der Waals surface area contributed by atoms with Gasteiger partial charge in [-0.25, -0.2) is 8.78 Å². The fourth-order valence-corrected chi connectivity index (χ4v) is 2.34. The number of primary amides is 1. The number of halogens is 2. The lowest BCUT2D eigenvalue weighted by Gasteiger charge is -2.12. The first-order valence-corrected chi connectivity index (χ1v) is 8.80. The number of nitrogens with two attached hydrogens (primary N) is 1. The third-order valence-electron chi connectivity index (χ3n) is 3.77. The van der Waals surface area contributed by atoms with E-state index in [0.29, 0.717) is 35.7 Å². The zero-order valence-electron chi connectivity index (χ0n) is 16.3. The molecule has 3 N–H and O–H groups in total. The molecule has 0 aliphatic heterocycles. The van der Waals surface area contributed by atoms with Crippen molar-refractivity contribution >= 4 is 23.6 Å². The number of anilines is 1. The normalized spacial score (nSPS) is 11.0. The van der Waals surface area contributed by atoms with Crippen molar-refractivity contribution in [2.75, 3.05) is 19.0 Å². The van der Waals surface area contributed by atoms with E-state index in [2.05, 4.69) is 5.32 Å². The maximum absolute atomic E-state index is 13.8. The maximum atomic E-state index is 13.8. The summed E-state index contributed by atoms with van der Waals surface area (Å²) in [4.78, 5) is 23.2. The van der Waals surface area contributed by atoms with Gasteiger partial charge >= 0.3 is 0 Å². The molecule has 0 aromatic heterocycles. The smallest absolute Gasteiger partial charge is 0.251 e. The molecule has 0 radical (unpaired) electrons. The number of hydrogen-bond acceptors (Lipinski definition) is 4. The number of amides is 2. The first-order valence-electron chi connectivity index (χ1n) is 8.80. The number of carbonyl (C=O) groups is 2. The van der Waals surface area contributed by atoms with E-state index in [1.54, 1.807) is 18.2 Å². The van der Waals surface area contributed by atoms with Crippen molar-refractivity contribution in [3.05, 3.63) is 59.2 Å². The van der Waals surface area contributed by atoms with E-state index in [9.17, 15) is 18.4 Å². The van der Waals surface area contributed by atoms with Crippen LogP contribution in [0.15, 0.2) is 36.4 Å². The fourth-order valence-electron chi connectivity index (χ4n) is 2.34. The van der Waals surface area contributed by atoms with Crippen LogP contribution in [0.3, 0.4) is 0 Å². The highest BCUT2D eigenvalue weighted by molar-refractivity contribution is 6.03. The second kappa shape index (κ2) is 9.68. The summed E-state index contributed by atoms with van der Waals surface area (Å²) in [6, 6.07) is 6.47. The summed E-state index contributed by atoms with van der Waals surface area (Å²) >= 11 is 0. The van der Waals surface area contributed by atoms with Gasteiger partial charge in [0.1, 0.15) is 11.6 Å². The van der Waals surface area contributed by atoms with Crippen LogP contribution in [0.4, 0.5) is 14.5 Å². The van der Waals surface area contributed by atoms with Gasteiger partial charge in [-0.05, 0) is 35.8 Å². The average Bonchev–Trinajstić information content (AvgIpc) is 2.66. The van der Waals surface area contributed by atoms with E-state index in [4.69, 9.17) is 15.2 Å². The Balaban J connectivity index is 2.13. The second-order valence-corrected chi connectivity index (χ2v) is 6.61. The molecule has 0 saturated carbocycles. The number of benzene rings is 2. The molecule has 2 aromatic carbocycles. The van der Waals surface area contributed by atoms with Crippen LogP contribution in [0, 0.1) is 17.6 Å². The van der Waals surface area contributed by atoms with E-state index in [1.807, 2.05) is 13.8 Å². The van der Waals surface area contributed by atoms with E-state index in [0.717, 1.165) is 12.1 Å². The summed E-state index contributed by atoms with van der Waals surface area (Å²) in [5.41, 5.74) is 4.79. The van der Waals surface area contributed by atoms with E-state index in [1.165, 1.54) is 13.2 Å². The van der Waals surface area contributed by atoms with Crippen LogP contribution in [-0.2, 0) is 4.79 Å². The first kappa shape index (κ1) is 21.9. The molecular weight excluding hydrogens is 382 g/mol. The molecule has 0 saturated heterocycles. The number of nitrogens with one attached hydrogen (secondary N) is 1. The van der Waals surface area contributed by atoms with Crippen molar-refractivity contribution in [1.29, 1.82) is 0 Å². The zero-order chi connectivity index (χ0) is 21.6. The second-order valence-electron chi connectivity index (χ2n) is 6.61. The lowest BCUT2D eigenvalue weighted by Crippen LogP contribution is -2.16. The minimum absolute atomic E-state index is 0.352. The molecule has 8 heteroatoms. The monoisotopic (exact) mass is 404 g/mol. The Morgan fingerprint density at radius 2 is 1.86 bits per heavy atom. The molecule has 0 aliphatic rings. The van der Waals surface area contributed by atoms with Crippen molar-refractivity contribution in [2.24, 2.45) is 11.7 Å². The highest BCUT2D eigenvalue weighted by Gasteiger charge is 2.15. The summed E-state index contributed by atoms with van der Waals surface area (Å²) in [6.45, 7) is 4.58. The van der Waals surface area contributed by atoms with Crippen molar-refractivity contribution in [3.8, 4) is 11.5 Å². The largest absolute Gasteiger partial charge is 0.493 e. The molecule has 154 valence electrons. The average molecular weight is 404 g/mol. The number of ether oxygens (including phenoxy) is 2. The number of rotatable bonds is 8. The van der Waals surface area contributed by atoms with Crippen LogP contribution < -0.4 is 20.5 Å². The molecule has 6 nitrogen and oxygen atoms in total. The minimum Gasteiger partial charge on any atom is -0.493 e. The standard InChI is InChI=1S/C21H22F2N2O4/c1-12(2)11-29-18-6-4-13(8-19(18)28-3)5-7-20(26)25-17-9-14(21(24)27)15(22)10-16(17)23/h4-10,12H,11H2,1-3H3,(H2,24,27)(H,25,26)/b7-5+. The van der Waals surface area contributed by atoms with Crippen LogP contribution in [0.1, 0.15) is 29.8 Å². The van der Waals surface area contributed by atoms with Crippen molar-refractivity contribution < 1.29 is 27.8 Å². The minimum atomic E-state index is -1.10. The SMILES string of the molecule is COc1cc(/C=C/C(=O)Nc2cc(C(N)=O)c(F)cc2F)ccc1OCC(C)C. The molecule has 29 heavy (non-hydrogen) atoms. The van der Waals surface area contributed by atoms with E-state index >= 15 is 0 Å². The Labute approximate surface area is 167 Å². The van der Waals surface area contributed by atoms with Crippen molar-refractivity contribution in [2.45, 2.75) is 13.8 Å². The lowest BCUT2D eigenvalue weighted by molar-refractivity contribution is -0.111. The van der Waals surface area contributed by atoms with Gasteiger partial charge in [0.25, 0.3) is 5.91 Å². The highest BCUT2D eigenvalue weighted by atomic mass is 19.1. The number of carbonyl (C=O) groups excluding carboxylic acids is 2. The molecule has 0 heterocycles. The molecule has 0 fully saturated rings. The maximum Gasteiger partial charge on any atom is 0.251 e. The first-order chi connectivity index (χ1) is 13.7. The summed E-state index contributed by atoms with van der Waals surface area (Å²) in [7, 11) is 1.51. The van der Waals surface area contributed by atoms with Gasteiger partial charge in [0.05, 0.1) is 25.0 Å². The molecule has 0 unspecified atom stereocenters. The molecule has 0 bridgehead atoms. The quantitative estimate of drug-likeness (QED) is 0.656. The summed E-state index contributed by atoms with van der Waals surface area (Å²) in [6.07, 6.45) is 2.65. The van der Waals surface area contributed by atoms with Gasteiger partial charge in [-0.2, -0.15) is 0 Å². The van der Waals surface area contributed by atoms with E-state index < -0.39 is 29.0 Å². The van der Waals surface area contributed by atoms with Crippen LogP contribution in [0.2, 0.25) is 0 Å². The molecule has 2 rings (SSSR count). The van der Waals surface area contributed by atoms with Crippen LogP contribution in [0.25, 0.3) is 6.08 Å². The number of hydrogen-bond donors (Lipinski definition) is 2. The van der Waals surface area contributed by atoms with Gasteiger partial charge in [-0.15, -0.1) is 0 Å². The highest BCUT2D eigenvalue weighted by Crippen LogP contribution is 2.29. The Morgan fingerprint density at radius 1 is 1.14 bits per heavy atom. The Kier molecular flexibility index (Phi) is 7.30. The molecule has 2 amide bonds. The van der Waals surface area contributed by atoms with Gasteiger partial charge in [0, 0.05) is 12.1 Å². The van der Waals surface area contributed by atoms with Gasteiger partial charge in [-0.3, -0.25) is 9.59 Å². The molecule has 0 spiro atoms. The van der Waals surface area contributed by atoms with E-state index in [-0.39, 0.29) is 5.69 Å². The van der Waals surface area contributed by atoms with Gasteiger partial charge in [-0.1, -0.05) is 19.9 Å². The third-order valence-corrected chi connectivity index (χ3v) is 3.77. The van der Waals surface area contributed by atoms with Gasteiger partial charge in [0.15, 0.2) is 11.5 Å². The van der Waals surface area contributed by atoms with Crippen LogP contribution in [-0.4, -0.2) is 25.5 Å². The zero-order valence-corrected chi connectivity index (χ0v) is 16.3. The topological polar surface area (TPSA) is 90.6 Å². The Morgan fingerprint density at radius 3 is 2.48 bits per heavy atom. The predicted molar refractivity (Wildman–Crippen MR) is 106 cm³/mol. The van der Waals surface area contributed by atoms with Gasteiger partial charge in [0.2, 0.25) is 5.91 Å². The molecule has 0 aliphatic carbocycles. The Bertz CT molecular complexity index is 943. The predicted octanol–water partition coefficient (Wildman–Crippen LogP) is 3.76.